The van der Waals surface area contributed by atoms with Crippen LogP contribution in [0.1, 0.15) is 28.9 Å². The lowest BCUT2D eigenvalue weighted by Gasteiger charge is -2.15. The summed E-state index contributed by atoms with van der Waals surface area (Å²) in [6, 6.07) is 6.43. The Morgan fingerprint density at radius 2 is 2.27 bits per heavy atom. The maximum absolute atomic E-state index is 13.6. The second-order valence-electron chi connectivity index (χ2n) is 5.36. The normalized spacial score (nSPS) is 14.8. The largest absolute Gasteiger partial charge is 0.351 e. The van der Waals surface area contributed by atoms with Gasteiger partial charge in [0.05, 0.1) is 4.88 Å². The van der Waals surface area contributed by atoms with Crippen molar-refractivity contribution in [1.82, 2.24) is 10.2 Å². The number of hydrogen-bond acceptors (Lipinski definition) is 3. The van der Waals surface area contributed by atoms with Crippen molar-refractivity contribution in [3.8, 4) is 0 Å². The Morgan fingerprint density at radius 3 is 3.00 bits per heavy atom. The van der Waals surface area contributed by atoms with E-state index in [4.69, 9.17) is 0 Å². The molecule has 2 heterocycles. The summed E-state index contributed by atoms with van der Waals surface area (Å²) in [6.07, 6.45) is 2.30. The van der Waals surface area contributed by atoms with Gasteiger partial charge in [-0.15, -0.1) is 11.3 Å². The summed E-state index contributed by atoms with van der Waals surface area (Å²) < 4.78 is 14.4. The Bertz CT molecular complexity index is 713. The summed E-state index contributed by atoms with van der Waals surface area (Å²) in [5, 5.41) is 3.32. The van der Waals surface area contributed by atoms with Gasteiger partial charge in [0.25, 0.3) is 5.91 Å². The number of fused-ring (bicyclic) bond motifs is 1. The van der Waals surface area contributed by atoms with E-state index in [1.54, 1.807) is 18.2 Å². The smallest absolute Gasteiger partial charge is 0.261 e. The van der Waals surface area contributed by atoms with Crippen LogP contribution < -0.4 is 5.32 Å². The van der Waals surface area contributed by atoms with Gasteiger partial charge in [-0.25, -0.2) is 4.39 Å². The van der Waals surface area contributed by atoms with Crippen molar-refractivity contribution in [2.75, 3.05) is 19.6 Å². The predicted molar refractivity (Wildman–Crippen MR) is 84.5 cm³/mol. The molecule has 22 heavy (non-hydrogen) atoms. The van der Waals surface area contributed by atoms with Crippen LogP contribution in [0.4, 0.5) is 4.39 Å². The number of hydrogen-bond donors (Lipinski definition) is 1. The minimum Gasteiger partial charge on any atom is -0.351 e. The molecule has 0 atom stereocenters. The van der Waals surface area contributed by atoms with Crippen molar-refractivity contribution in [3.05, 3.63) is 35.0 Å². The zero-order chi connectivity index (χ0) is 15.5. The van der Waals surface area contributed by atoms with E-state index in [0.29, 0.717) is 29.8 Å². The number of likely N-dealkylation sites (tertiary alicyclic amines) is 1. The van der Waals surface area contributed by atoms with Gasteiger partial charge in [0.2, 0.25) is 5.91 Å². The fourth-order valence-electron chi connectivity index (χ4n) is 2.64. The molecule has 0 saturated carbocycles. The van der Waals surface area contributed by atoms with E-state index in [1.807, 2.05) is 4.90 Å². The first kappa shape index (κ1) is 15.0. The number of rotatable bonds is 5. The number of benzene rings is 1. The molecule has 1 saturated heterocycles. The molecular weight excluding hydrogens is 303 g/mol. The van der Waals surface area contributed by atoms with Crippen molar-refractivity contribution in [1.29, 1.82) is 0 Å². The summed E-state index contributed by atoms with van der Waals surface area (Å²) >= 11 is 1.29. The molecule has 3 rings (SSSR count). The van der Waals surface area contributed by atoms with E-state index in [2.05, 4.69) is 5.32 Å². The third-order valence-electron chi connectivity index (χ3n) is 3.79. The monoisotopic (exact) mass is 320 g/mol. The van der Waals surface area contributed by atoms with Crippen molar-refractivity contribution < 1.29 is 14.0 Å². The first-order chi connectivity index (χ1) is 10.6. The molecule has 0 spiro atoms. The summed E-state index contributed by atoms with van der Waals surface area (Å²) in [6.45, 7) is 2.02. The second kappa shape index (κ2) is 6.44. The molecule has 2 aromatic rings. The Morgan fingerprint density at radius 1 is 1.41 bits per heavy atom. The highest BCUT2D eigenvalue weighted by molar-refractivity contribution is 7.20. The van der Waals surface area contributed by atoms with Crippen LogP contribution in [0, 0.1) is 5.82 Å². The summed E-state index contributed by atoms with van der Waals surface area (Å²) in [7, 11) is 0. The molecule has 1 aromatic carbocycles. The molecule has 2 amide bonds. The highest BCUT2D eigenvalue weighted by Crippen LogP contribution is 2.27. The summed E-state index contributed by atoms with van der Waals surface area (Å²) in [5.74, 6) is -0.292. The molecule has 0 radical (unpaired) electrons. The molecule has 6 heteroatoms. The number of carbonyl (C=O) groups is 2. The number of thiophene rings is 1. The van der Waals surface area contributed by atoms with Crippen LogP contribution in [-0.2, 0) is 4.79 Å². The SMILES string of the molecule is O=C(NCCCN1CCCC1=O)c1cc2c(F)cccc2s1. The van der Waals surface area contributed by atoms with Crippen LogP contribution in [-0.4, -0.2) is 36.3 Å². The van der Waals surface area contributed by atoms with Gasteiger partial charge in [-0.05, 0) is 31.0 Å². The van der Waals surface area contributed by atoms with Crippen LogP contribution in [0.25, 0.3) is 10.1 Å². The average Bonchev–Trinajstić information content (AvgIpc) is 3.11. The quantitative estimate of drug-likeness (QED) is 0.861. The zero-order valence-electron chi connectivity index (χ0n) is 12.1. The predicted octanol–water partition coefficient (Wildman–Crippen LogP) is 2.78. The van der Waals surface area contributed by atoms with Crippen LogP contribution >= 0.6 is 11.3 Å². The number of nitrogens with one attached hydrogen (secondary N) is 1. The van der Waals surface area contributed by atoms with Crippen molar-refractivity contribution in [2.45, 2.75) is 19.3 Å². The molecule has 1 fully saturated rings. The molecule has 0 unspecified atom stereocenters. The standard InChI is InChI=1S/C16H17FN2O2S/c17-12-4-1-5-13-11(12)10-14(22-13)16(21)18-7-3-9-19-8-2-6-15(19)20/h1,4-5,10H,2-3,6-9H2,(H,18,21). The number of nitrogens with zero attached hydrogens (tertiary/aromatic N) is 1. The molecule has 0 bridgehead atoms. The van der Waals surface area contributed by atoms with E-state index >= 15 is 0 Å². The third-order valence-corrected chi connectivity index (χ3v) is 4.89. The topological polar surface area (TPSA) is 49.4 Å². The van der Waals surface area contributed by atoms with Gasteiger partial charge in [0, 0.05) is 36.1 Å². The molecule has 4 nitrogen and oxygen atoms in total. The fraction of sp³-hybridized carbons (Fsp3) is 0.375. The van der Waals surface area contributed by atoms with Crippen molar-refractivity contribution in [3.63, 3.8) is 0 Å². The molecule has 0 aliphatic carbocycles. The minimum absolute atomic E-state index is 0.187. The Kier molecular flexibility index (Phi) is 4.38. The molecule has 1 aliphatic heterocycles. The maximum Gasteiger partial charge on any atom is 0.261 e. The lowest BCUT2D eigenvalue weighted by atomic mass is 10.2. The van der Waals surface area contributed by atoms with Crippen molar-refractivity contribution >= 4 is 33.2 Å². The van der Waals surface area contributed by atoms with Gasteiger partial charge in [0.1, 0.15) is 5.82 Å². The van der Waals surface area contributed by atoms with Crippen LogP contribution in [0.3, 0.4) is 0 Å². The van der Waals surface area contributed by atoms with Gasteiger partial charge < -0.3 is 10.2 Å². The van der Waals surface area contributed by atoms with Gasteiger partial charge >= 0.3 is 0 Å². The van der Waals surface area contributed by atoms with Gasteiger partial charge in [0.15, 0.2) is 0 Å². The second-order valence-corrected chi connectivity index (χ2v) is 6.44. The lowest BCUT2D eigenvalue weighted by molar-refractivity contribution is -0.127. The fourth-order valence-corrected chi connectivity index (χ4v) is 3.63. The lowest BCUT2D eigenvalue weighted by Crippen LogP contribution is -2.30. The highest BCUT2D eigenvalue weighted by atomic mass is 32.1. The van der Waals surface area contributed by atoms with Crippen LogP contribution in [0.5, 0.6) is 0 Å². The average molecular weight is 320 g/mol. The van der Waals surface area contributed by atoms with E-state index in [1.165, 1.54) is 17.4 Å². The van der Waals surface area contributed by atoms with Gasteiger partial charge in [-0.2, -0.15) is 0 Å². The maximum atomic E-state index is 13.6. The molecule has 116 valence electrons. The van der Waals surface area contributed by atoms with Crippen LogP contribution in [0.2, 0.25) is 0 Å². The summed E-state index contributed by atoms with van der Waals surface area (Å²) in [5.41, 5.74) is 0. The Hall–Kier alpha value is -1.95. The molecule has 1 aromatic heterocycles. The van der Waals surface area contributed by atoms with E-state index in [-0.39, 0.29) is 17.6 Å². The molecule has 1 aliphatic rings. The number of halogens is 1. The number of amides is 2. The van der Waals surface area contributed by atoms with Gasteiger partial charge in [-0.3, -0.25) is 9.59 Å². The summed E-state index contributed by atoms with van der Waals surface area (Å²) in [4.78, 5) is 25.9. The van der Waals surface area contributed by atoms with Crippen LogP contribution in [0.15, 0.2) is 24.3 Å². The first-order valence-corrected chi connectivity index (χ1v) is 8.21. The molecular formula is C16H17FN2O2S. The van der Waals surface area contributed by atoms with E-state index in [0.717, 1.165) is 24.1 Å². The van der Waals surface area contributed by atoms with Gasteiger partial charge in [-0.1, -0.05) is 6.07 Å². The van der Waals surface area contributed by atoms with Crippen molar-refractivity contribution in [2.24, 2.45) is 0 Å². The molecule has 1 N–H and O–H groups in total. The Labute approximate surface area is 131 Å². The highest BCUT2D eigenvalue weighted by Gasteiger charge is 2.19. The first-order valence-electron chi connectivity index (χ1n) is 7.39. The zero-order valence-corrected chi connectivity index (χ0v) is 12.9. The third kappa shape index (κ3) is 3.11. The van der Waals surface area contributed by atoms with E-state index < -0.39 is 0 Å². The minimum atomic E-state index is -0.305. The van der Waals surface area contributed by atoms with E-state index in [9.17, 15) is 14.0 Å². The Balaban J connectivity index is 1.52. The number of carbonyl (C=O) groups excluding carboxylic acids is 2.